The van der Waals surface area contributed by atoms with E-state index in [4.69, 9.17) is 9.47 Å². The fourth-order valence-electron chi connectivity index (χ4n) is 3.40. The second kappa shape index (κ2) is 8.98. The minimum absolute atomic E-state index is 0.493. The Balaban J connectivity index is 1.73. The average molecular weight is 284 g/mol. The summed E-state index contributed by atoms with van der Waals surface area (Å²) in [5.74, 6) is 0.652. The molecule has 0 aromatic rings. The van der Waals surface area contributed by atoms with Crippen molar-refractivity contribution < 1.29 is 9.47 Å². The van der Waals surface area contributed by atoms with Gasteiger partial charge in [0, 0.05) is 44.8 Å². The first-order valence-corrected chi connectivity index (χ1v) is 8.48. The van der Waals surface area contributed by atoms with Crippen LogP contribution in [-0.4, -0.2) is 63.0 Å². The average Bonchev–Trinajstić information content (AvgIpc) is 2.49. The summed E-state index contributed by atoms with van der Waals surface area (Å²) in [6, 6.07) is 0.647. The Bertz CT molecular complexity index is 255. The van der Waals surface area contributed by atoms with Crippen molar-refractivity contribution in [1.82, 2.24) is 10.2 Å². The van der Waals surface area contributed by atoms with E-state index in [1.807, 2.05) is 0 Å². The van der Waals surface area contributed by atoms with Gasteiger partial charge in [-0.15, -0.1) is 0 Å². The van der Waals surface area contributed by atoms with E-state index >= 15 is 0 Å². The van der Waals surface area contributed by atoms with Crippen LogP contribution < -0.4 is 5.32 Å². The number of rotatable bonds is 7. The monoisotopic (exact) mass is 284 g/mol. The summed E-state index contributed by atoms with van der Waals surface area (Å²) in [6.07, 6.45) is 5.25. The Kier molecular flexibility index (Phi) is 7.28. The van der Waals surface area contributed by atoms with Crippen LogP contribution >= 0.6 is 0 Å². The normalized spacial score (nSPS) is 29.7. The van der Waals surface area contributed by atoms with Crippen LogP contribution in [0.2, 0.25) is 0 Å². The van der Waals surface area contributed by atoms with Gasteiger partial charge in [-0.05, 0) is 39.2 Å². The molecule has 2 aliphatic heterocycles. The highest BCUT2D eigenvalue weighted by Gasteiger charge is 2.28. The summed E-state index contributed by atoms with van der Waals surface area (Å²) < 4.78 is 11.4. The predicted molar refractivity (Wildman–Crippen MR) is 82.1 cm³/mol. The molecule has 4 nitrogen and oxygen atoms in total. The molecule has 1 N–H and O–H groups in total. The van der Waals surface area contributed by atoms with Crippen molar-refractivity contribution in [3.8, 4) is 0 Å². The van der Waals surface area contributed by atoms with Crippen LogP contribution in [0.3, 0.4) is 0 Å². The zero-order valence-electron chi connectivity index (χ0n) is 13.3. The maximum atomic E-state index is 5.73. The fraction of sp³-hybridized carbons (Fsp3) is 1.00. The third kappa shape index (κ3) is 4.99. The van der Waals surface area contributed by atoms with Gasteiger partial charge in [-0.1, -0.05) is 6.92 Å². The fourth-order valence-corrected chi connectivity index (χ4v) is 3.40. The highest BCUT2D eigenvalue weighted by Crippen LogP contribution is 2.20. The first-order chi connectivity index (χ1) is 9.83. The van der Waals surface area contributed by atoms with Crippen LogP contribution in [0.15, 0.2) is 0 Å². The minimum atomic E-state index is 0.493. The number of nitrogens with zero attached hydrogens (tertiary/aromatic N) is 1. The minimum Gasteiger partial charge on any atom is -0.381 e. The molecule has 2 rings (SSSR count). The molecule has 0 aliphatic carbocycles. The van der Waals surface area contributed by atoms with Crippen molar-refractivity contribution >= 4 is 0 Å². The summed E-state index contributed by atoms with van der Waals surface area (Å²) in [5, 5.41) is 3.71. The van der Waals surface area contributed by atoms with Crippen LogP contribution in [0, 0.1) is 5.92 Å². The number of likely N-dealkylation sites (tertiary alicyclic amines) is 1. The molecule has 2 heterocycles. The molecule has 4 heteroatoms. The summed E-state index contributed by atoms with van der Waals surface area (Å²) in [5.41, 5.74) is 0. The molecule has 0 radical (unpaired) electrons. The molecule has 20 heavy (non-hydrogen) atoms. The van der Waals surface area contributed by atoms with Gasteiger partial charge in [-0.3, -0.25) is 0 Å². The third-order valence-electron chi connectivity index (χ3n) is 4.56. The van der Waals surface area contributed by atoms with Crippen LogP contribution in [0.5, 0.6) is 0 Å². The molecule has 0 amide bonds. The van der Waals surface area contributed by atoms with Gasteiger partial charge in [-0.25, -0.2) is 0 Å². The number of ether oxygens (including phenoxy) is 2. The highest BCUT2D eigenvalue weighted by atomic mass is 16.5. The molecule has 0 saturated carbocycles. The first-order valence-electron chi connectivity index (χ1n) is 8.48. The number of hydrogen-bond acceptors (Lipinski definition) is 4. The molecule has 118 valence electrons. The number of piperidine rings is 1. The van der Waals surface area contributed by atoms with E-state index in [2.05, 4.69) is 24.1 Å². The van der Waals surface area contributed by atoms with E-state index in [0.29, 0.717) is 18.1 Å². The van der Waals surface area contributed by atoms with Gasteiger partial charge in [0.2, 0.25) is 0 Å². The van der Waals surface area contributed by atoms with Crippen molar-refractivity contribution in [2.75, 3.05) is 46.0 Å². The summed E-state index contributed by atoms with van der Waals surface area (Å²) >= 11 is 0. The van der Waals surface area contributed by atoms with Gasteiger partial charge < -0.3 is 19.7 Å². The lowest BCUT2D eigenvalue weighted by Gasteiger charge is -2.38. The van der Waals surface area contributed by atoms with Crippen LogP contribution in [0.25, 0.3) is 0 Å². The van der Waals surface area contributed by atoms with Gasteiger partial charge in [0.1, 0.15) is 0 Å². The summed E-state index contributed by atoms with van der Waals surface area (Å²) in [7, 11) is 0. The molecule has 0 spiro atoms. The molecule has 0 bridgehead atoms. The summed E-state index contributed by atoms with van der Waals surface area (Å²) in [6.45, 7) is 11.7. The molecule has 2 atom stereocenters. The standard InChI is InChI=1S/C16H32N2O2/c1-3-8-17-16-7-11-19-13-14(16)12-18-9-5-15(6-10-18)20-4-2/h14-17H,3-13H2,1-2H3. The van der Waals surface area contributed by atoms with Gasteiger partial charge >= 0.3 is 0 Å². The Morgan fingerprint density at radius 3 is 2.70 bits per heavy atom. The van der Waals surface area contributed by atoms with E-state index in [9.17, 15) is 0 Å². The van der Waals surface area contributed by atoms with Crippen molar-refractivity contribution in [2.24, 2.45) is 5.92 Å². The Morgan fingerprint density at radius 2 is 2.00 bits per heavy atom. The van der Waals surface area contributed by atoms with E-state index < -0.39 is 0 Å². The molecule has 2 saturated heterocycles. The second-order valence-corrected chi connectivity index (χ2v) is 6.14. The Morgan fingerprint density at radius 1 is 1.20 bits per heavy atom. The third-order valence-corrected chi connectivity index (χ3v) is 4.56. The van der Waals surface area contributed by atoms with Crippen molar-refractivity contribution in [3.63, 3.8) is 0 Å². The second-order valence-electron chi connectivity index (χ2n) is 6.14. The highest BCUT2D eigenvalue weighted by molar-refractivity contribution is 4.84. The van der Waals surface area contributed by atoms with E-state index in [1.54, 1.807) is 0 Å². The topological polar surface area (TPSA) is 33.7 Å². The molecule has 2 unspecified atom stereocenters. The lowest BCUT2D eigenvalue weighted by Crippen LogP contribution is -2.49. The van der Waals surface area contributed by atoms with Crippen molar-refractivity contribution in [2.45, 2.75) is 51.7 Å². The van der Waals surface area contributed by atoms with Crippen LogP contribution in [0.1, 0.15) is 39.5 Å². The number of nitrogens with one attached hydrogen (secondary N) is 1. The first kappa shape index (κ1) is 16.2. The molecule has 2 fully saturated rings. The molecule has 0 aromatic carbocycles. The molecular formula is C16H32N2O2. The SMILES string of the molecule is CCCNC1CCOCC1CN1CCC(OCC)CC1. The maximum absolute atomic E-state index is 5.73. The lowest BCUT2D eigenvalue weighted by atomic mass is 9.94. The quantitative estimate of drug-likeness (QED) is 0.774. The smallest absolute Gasteiger partial charge is 0.0599 e. The van der Waals surface area contributed by atoms with Gasteiger partial charge in [0.25, 0.3) is 0 Å². The number of hydrogen-bond donors (Lipinski definition) is 1. The van der Waals surface area contributed by atoms with E-state index in [-0.39, 0.29) is 0 Å². The van der Waals surface area contributed by atoms with Gasteiger partial charge in [-0.2, -0.15) is 0 Å². The van der Waals surface area contributed by atoms with Gasteiger partial charge in [0.15, 0.2) is 0 Å². The van der Waals surface area contributed by atoms with E-state index in [0.717, 1.165) is 26.4 Å². The Hall–Kier alpha value is -0.160. The van der Waals surface area contributed by atoms with Crippen molar-refractivity contribution in [3.05, 3.63) is 0 Å². The van der Waals surface area contributed by atoms with Gasteiger partial charge in [0.05, 0.1) is 12.7 Å². The molecule has 2 aliphatic rings. The van der Waals surface area contributed by atoms with E-state index in [1.165, 1.54) is 45.3 Å². The Labute approximate surface area is 124 Å². The van der Waals surface area contributed by atoms with Crippen molar-refractivity contribution in [1.29, 1.82) is 0 Å². The zero-order chi connectivity index (χ0) is 14.2. The largest absolute Gasteiger partial charge is 0.381 e. The zero-order valence-corrected chi connectivity index (χ0v) is 13.3. The predicted octanol–water partition coefficient (Wildman–Crippen LogP) is 1.89. The summed E-state index contributed by atoms with van der Waals surface area (Å²) in [4.78, 5) is 2.61. The maximum Gasteiger partial charge on any atom is 0.0599 e. The van der Waals surface area contributed by atoms with Crippen LogP contribution in [-0.2, 0) is 9.47 Å². The molecule has 0 aromatic heterocycles. The lowest BCUT2D eigenvalue weighted by molar-refractivity contribution is -0.0113. The molecular weight excluding hydrogens is 252 g/mol. The van der Waals surface area contributed by atoms with Crippen LogP contribution in [0.4, 0.5) is 0 Å².